The van der Waals surface area contributed by atoms with Gasteiger partial charge in [-0.25, -0.2) is 4.98 Å². The summed E-state index contributed by atoms with van der Waals surface area (Å²) in [6.07, 6.45) is 4.28. The summed E-state index contributed by atoms with van der Waals surface area (Å²) in [5.74, 6) is 0.882. The first kappa shape index (κ1) is 13.1. The molecular weight excluding hydrogens is 242 g/mol. The van der Waals surface area contributed by atoms with Crippen molar-refractivity contribution in [1.29, 1.82) is 0 Å². The quantitative estimate of drug-likeness (QED) is 0.872. The van der Waals surface area contributed by atoms with Crippen molar-refractivity contribution in [3.05, 3.63) is 47.5 Å². The molecule has 0 unspecified atom stereocenters. The van der Waals surface area contributed by atoms with Crippen LogP contribution >= 0.6 is 0 Å². The highest BCUT2D eigenvalue weighted by Gasteiger charge is 2.10. The minimum absolute atomic E-state index is 0.136. The summed E-state index contributed by atoms with van der Waals surface area (Å²) in [5.41, 5.74) is 1.09. The number of amides is 1. The summed E-state index contributed by atoms with van der Waals surface area (Å²) in [6, 6.07) is 4.93. The fourth-order valence-electron chi connectivity index (χ4n) is 1.89. The molecule has 0 aliphatic heterocycles. The van der Waals surface area contributed by atoms with E-state index in [9.17, 15) is 9.90 Å². The van der Waals surface area contributed by atoms with Gasteiger partial charge in [0.15, 0.2) is 0 Å². The first-order valence-corrected chi connectivity index (χ1v) is 6.12. The molecule has 1 aromatic heterocycles. The number of nitrogens with one attached hydrogen (secondary N) is 1. The molecule has 0 radical (unpaired) electrons. The van der Waals surface area contributed by atoms with Crippen LogP contribution in [-0.2, 0) is 13.5 Å². The molecule has 0 saturated heterocycles. The molecule has 0 saturated carbocycles. The number of hydrogen-bond acceptors (Lipinski definition) is 3. The number of imidazole rings is 1. The molecule has 1 aromatic carbocycles. The zero-order valence-electron chi connectivity index (χ0n) is 11.1. The minimum Gasteiger partial charge on any atom is -0.508 e. The van der Waals surface area contributed by atoms with Gasteiger partial charge in [0.1, 0.15) is 11.6 Å². The SMILES string of the molecule is Cc1c(O)cccc1C(=O)NCCc1nccn1C. The van der Waals surface area contributed by atoms with Crippen molar-refractivity contribution in [3.8, 4) is 5.75 Å². The van der Waals surface area contributed by atoms with Crippen LogP contribution in [0.1, 0.15) is 21.7 Å². The fraction of sp³-hybridized carbons (Fsp3) is 0.286. The van der Waals surface area contributed by atoms with Crippen LogP contribution < -0.4 is 5.32 Å². The van der Waals surface area contributed by atoms with Crippen LogP contribution in [0.25, 0.3) is 0 Å². The average molecular weight is 259 g/mol. The van der Waals surface area contributed by atoms with E-state index in [0.717, 1.165) is 5.82 Å². The first-order valence-electron chi connectivity index (χ1n) is 6.12. The second kappa shape index (κ2) is 5.56. The van der Waals surface area contributed by atoms with Gasteiger partial charge in [-0.2, -0.15) is 0 Å². The lowest BCUT2D eigenvalue weighted by atomic mass is 10.1. The van der Waals surface area contributed by atoms with Crippen LogP contribution in [-0.4, -0.2) is 27.1 Å². The van der Waals surface area contributed by atoms with Crippen LogP contribution in [0.3, 0.4) is 0 Å². The second-order valence-corrected chi connectivity index (χ2v) is 4.41. The lowest BCUT2D eigenvalue weighted by molar-refractivity contribution is 0.0953. The second-order valence-electron chi connectivity index (χ2n) is 4.41. The molecule has 0 atom stereocenters. The number of aromatic hydroxyl groups is 1. The van der Waals surface area contributed by atoms with Crippen molar-refractivity contribution in [2.75, 3.05) is 6.54 Å². The van der Waals surface area contributed by atoms with Gasteiger partial charge in [-0.1, -0.05) is 6.07 Å². The number of phenols is 1. The zero-order valence-corrected chi connectivity index (χ0v) is 11.1. The van der Waals surface area contributed by atoms with Crippen molar-refractivity contribution >= 4 is 5.91 Å². The van der Waals surface area contributed by atoms with E-state index in [0.29, 0.717) is 24.1 Å². The summed E-state index contributed by atoms with van der Waals surface area (Å²) in [7, 11) is 1.92. The molecule has 0 aliphatic carbocycles. The van der Waals surface area contributed by atoms with Crippen LogP contribution in [0.15, 0.2) is 30.6 Å². The summed E-state index contributed by atoms with van der Waals surface area (Å²) >= 11 is 0. The van der Waals surface area contributed by atoms with Crippen molar-refractivity contribution in [1.82, 2.24) is 14.9 Å². The lowest BCUT2D eigenvalue weighted by Crippen LogP contribution is -2.27. The van der Waals surface area contributed by atoms with Crippen LogP contribution in [0.4, 0.5) is 0 Å². The predicted octanol–water partition coefficient (Wildman–Crippen LogP) is 1.41. The molecule has 19 heavy (non-hydrogen) atoms. The van der Waals surface area contributed by atoms with E-state index in [1.54, 1.807) is 31.3 Å². The standard InChI is InChI=1S/C14H17N3O2/c1-10-11(4-3-5-12(10)18)14(19)16-7-6-13-15-8-9-17(13)2/h3-5,8-9,18H,6-7H2,1-2H3,(H,16,19). The molecule has 2 rings (SSSR count). The Bertz CT molecular complexity index is 590. The normalized spacial score (nSPS) is 10.4. The third kappa shape index (κ3) is 2.93. The maximum atomic E-state index is 12.0. The van der Waals surface area contributed by atoms with E-state index in [1.165, 1.54) is 0 Å². The Morgan fingerprint density at radius 2 is 2.26 bits per heavy atom. The van der Waals surface area contributed by atoms with E-state index in [4.69, 9.17) is 0 Å². The molecule has 1 heterocycles. The van der Waals surface area contributed by atoms with Gasteiger partial charge in [-0.3, -0.25) is 4.79 Å². The van der Waals surface area contributed by atoms with Gasteiger partial charge in [0.05, 0.1) is 0 Å². The van der Waals surface area contributed by atoms with Crippen molar-refractivity contribution < 1.29 is 9.90 Å². The van der Waals surface area contributed by atoms with E-state index >= 15 is 0 Å². The van der Waals surface area contributed by atoms with Gasteiger partial charge in [0, 0.05) is 43.5 Å². The molecule has 1 amide bonds. The molecule has 0 spiro atoms. The highest BCUT2D eigenvalue weighted by atomic mass is 16.3. The zero-order chi connectivity index (χ0) is 13.8. The van der Waals surface area contributed by atoms with Gasteiger partial charge in [0.25, 0.3) is 5.91 Å². The van der Waals surface area contributed by atoms with Crippen molar-refractivity contribution in [2.24, 2.45) is 7.05 Å². The third-order valence-corrected chi connectivity index (χ3v) is 3.10. The van der Waals surface area contributed by atoms with Crippen molar-refractivity contribution in [2.45, 2.75) is 13.3 Å². The monoisotopic (exact) mass is 259 g/mol. The largest absolute Gasteiger partial charge is 0.508 e. The molecule has 0 aliphatic rings. The fourth-order valence-corrected chi connectivity index (χ4v) is 1.89. The maximum Gasteiger partial charge on any atom is 0.251 e. The van der Waals surface area contributed by atoms with E-state index in [2.05, 4.69) is 10.3 Å². The van der Waals surface area contributed by atoms with Gasteiger partial charge < -0.3 is 15.0 Å². The number of aryl methyl sites for hydroxylation is 1. The number of hydrogen-bond donors (Lipinski definition) is 2. The number of benzene rings is 1. The lowest BCUT2D eigenvalue weighted by Gasteiger charge is -2.08. The van der Waals surface area contributed by atoms with Crippen molar-refractivity contribution in [3.63, 3.8) is 0 Å². The summed E-state index contributed by atoms with van der Waals surface area (Å²) < 4.78 is 1.92. The summed E-state index contributed by atoms with van der Waals surface area (Å²) in [6.45, 7) is 2.24. The Balaban J connectivity index is 1.95. The molecular formula is C14H17N3O2. The topological polar surface area (TPSA) is 67.2 Å². The van der Waals surface area contributed by atoms with Crippen LogP contribution in [0.5, 0.6) is 5.75 Å². The first-order chi connectivity index (χ1) is 9.09. The average Bonchev–Trinajstić information content (AvgIpc) is 2.78. The number of carbonyl (C=O) groups excluding carboxylic acids is 1. The van der Waals surface area contributed by atoms with Crippen LogP contribution in [0, 0.1) is 6.92 Å². The molecule has 5 heteroatoms. The Morgan fingerprint density at radius 1 is 1.47 bits per heavy atom. The van der Waals surface area contributed by atoms with Gasteiger partial charge in [0.2, 0.25) is 0 Å². The van der Waals surface area contributed by atoms with E-state index in [1.807, 2.05) is 17.8 Å². The van der Waals surface area contributed by atoms with E-state index in [-0.39, 0.29) is 11.7 Å². The number of rotatable bonds is 4. The molecule has 100 valence electrons. The highest BCUT2D eigenvalue weighted by molar-refractivity contribution is 5.96. The Labute approximate surface area is 111 Å². The molecule has 2 aromatic rings. The number of carbonyl (C=O) groups is 1. The Kier molecular flexibility index (Phi) is 3.85. The van der Waals surface area contributed by atoms with Crippen LogP contribution in [0.2, 0.25) is 0 Å². The summed E-state index contributed by atoms with van der Waals surface area (Å²) in [4.78, 5) is 16.2. The number of phenolic OH excluding ortho intramolecular Hbond substituents is 1. The number of nitrogens with zero attached hydrogens (tertiary/aromatic N) is 2. The smallest absolute Gasteiger partial charge is 0.251 e. The minimum atomic E-state index is -0.178. The number of aromatic nitrogens is 2. The highest BCUT2D eigenvalue weighted by Crippen LogP contribution is 2.19. The molecule has 2 N–H and O–H groups in total. The maximum absolute atomic E-state index is 12.0. The molecule has 5 nitrogen and oxygen atoms in total. The van der Waals surface area contributed by atoms with Gasteiger partial charge in [-0.15, -0.1) is 0 Å². The summed E-state index contributed by atoms with van der Waals surface area (Å²) in [5, 5.41) is 12.4. The molecule has 0 bridgehead atoms. The van der Waals surface area contributed by atoms with E-state index < -0.39 is 0 Å². The Hall–Kier alpha value is -2.30. The predicted molar refractivity (Wildman–Crippen MR) is 72.1 cm³/mol. The molecule has 0 fully saturated rings. The van der Waals surface area contributed by atoms with Gasteiger partial charge >= 0.3 is 0 Å². The third-order valence-electron chi connectivity index (χ3n) is 3.10. The Morgan fingerprint density at radius 3 is 2.95 bits per heavy atom. The van der Waals surface area contributed by atoms with Gasteiger partial charge in [-0.05, 0) is 19.1 Å².